The van der Waals surface area contributed by atoms with Gasteiger partial charge in [0.1, 0.15) is 0 Å². The highest BCUT2D eigenvalue weighted by Gasteiger charge is 2.29. The van der Waals surface area contributed by atoms with Crippen LogP contribution in [0, 0.1) is 5.92 Å². The molecule has 0 aromatic heterocycles. The first-order chi connectivity index (χ1) is 5.43. The van der Waals surface area contributed by atoms with Crippen molar-refractivity contribution in [2.45, 2.75) is 25.7 Å². The molecule has 3 rings (SSSR count). The standard InChI is InChI=1S/C11H12/c1-2-8-6-10-4-5-11(10)7-9(8)3-1/h1-2,6,11H,3-5,7H2. The number of rotatable bonds is 0. The molecule has 0 heterocycles. The zero-order valence-electron chi connectivity index (χ0n) is 6.64. The van der Waals surface area contributed by atoms with E-state index >= 15 is 0 Å². The van der Waals surface area contributed by atoms with E-state index in [2.05, 4.69) is 18.2 Å². The molecule has 1 unspecified atom stereocenters. The average molecular weight is 144 g/mol. The summed E-state index contributed by atoms with van der Waals surface area (Å²) in [6, 6.07) is 0. The highest BCUT2D eigenvalue weighted by molar-refractivity contribution is 5.48. The summed E-state index contributed by atoms with van der Waals surface area (Å²) < 4.78 is 0. The van der Waals surface area contributed by atoms with E-state index in [1.54, 1.807) is 11.1 Å². The lowest BCUT2D eigenvalue weighted by atomic mass is 9.71. The van der Waals surface area contributed by atoms with Gasteiger partial charge in [-0.2, -0.15) is 0 Å². The third-order valence-corrected chi connectivity index (χ3v) is 3.21. The highest BCUT2D eigenvalue weighted by Crippen LogP contribution is 2.45. The molecule has 1 fully saturated rings. The van der Waals surface area contributed by atoms with Crippen LogP contribution in [-0.4, -0.2) is 0 Å². The second-order valence-electron chi connectivity index (χ2n) is 3.82. The van der Waals surface area contributed by atoms with E-state index < -0.39 is 0 Å². The van der Waals surface area contributed by atoms with E-state index in [4.69, 9.17) is 0 Å². The lowest BCUT2D eigenvalue weighted by molar-refractivity contribution is 0.430. The summed E-state index contributed by atoms with van der Waals surface area (Å²) in [7, 11) is 0. The van der Waals surface area contributed by atoms with Crippen molar-refractivity contribution in [3.05, 3.63) is 34.9 Å². The van der Waals surface area contributed by atoms with Crippen LogP contribution in [0.3, 0.4) is 0 Å². The molecule has 0 aromatic rings. The van der Waals surface area contributed by atoms with Gasteiger partial charge >= 0.3 is 0 Å². The zero-order chi connectivity index (χ0) is 7.26. The molecule has 3 aliphatic carbocycles. The summed E-state index contributed by atoms with van der Waals surface area (Å²) in [5, 5.41) is 0. The maximum atomic E-state index is 2.43. The smallest absolute Gasteiger partial charge is 0.0126 e. The van der Waals surface area contributed by atoms with Crippen LogP contribution in [-0.2, 0) is 0 Å². The second-order valence-corrected chi connectivity index (χ2v) is 3.82. The van der Waals surface area contributed by atoms with Crippen molar-refractivity contribution in [1.29, 1.82) is 0 Å². The van der Waals surface area contributed by atoms with Crippen LogP contribution in [0.1, 0.15) is 25.7 Å². The molecule has 0 aromatic carbocycles. The maximum Gasteiger partial charge on any atom is -0.0126 e. The Kier molecular flexibility index (Phi) is 0.993. The fourth-order valence-electron chi connectivity index (χ4n) is 2.35. The Morgan fingerprint density at radius 2 is 2.36 bits per heavy atom. The molecule has 11 heavy (non-hydrogen) atoms. The minimum atomic E-state index is 0.952. The summed E-state index contributed by atoms with van der Waals surface area (Å²) >= 11 is 0. The fourth-order valence-corrected chi connectivity index (χ4v) is 2.35. The Labute approximate surface area is 67.3 Å². The van der Waals surface area contributed by atoms with Gasteiger partial charge in [0.2, 0.25) is 0 Å². The maximum absolute atomic E-state index is 2.43. The van der Waals surface area contributed by atoms with Crippen molar-refractivity contribution in [1.82, 2.24) is 0 Å². The number of allylic oxidation sites excluding steroid dienone is 6. The van der Waals surface area contributed by atoms with Crippen molar-refractivity contribution < 1.29 is 0 Å². The monoisotopic (exact) mass is 144 g/mol. The van der Waals surface area contributed by atoms with Gasteiger partial charge in [-0.1, -0.05) is 29.4 Å². The minimum absolute atomic E-state index is 0.952. The molecular weight excluding hydrogens is 132 g/mol. The van der Waals surface area contributed by atoms with E-state index in [1.807, 2.05) is 0 Å². The molecule has 0 spiro atoms. The van der Waals surface area contributed by atoms with E-state index in [0.717, 1.165) is 5.92 Å². The van der Waals surface area contributed by atoms with Crippen LogP contribution in [0.4, 0.5) is 0 Å². The Morgan fingerprint density at radius 3 is 3.18 bits per heavy atom. The van der Waals surface area contributed by atoms with Crippen molar-refractivity contribution in [3.8, 4) is 0 Å². The van der Waals surface area contributed by atoms with Gasteiger partial charge in [-0.15, -0.1) is 0 Å². The summed E-state index contributed by atoms with van der Waals surface area (Å²) in [4.78, 5) is 0. The number of hydrogen-bond acceptors (Lipinski definition) is 0. The first-order valence-electron chi connectivity index (χ1n) is 4.52. The van der Waals surface area contributed by atoms with Crippen LogP contribution in [0.5, 0.6) is 0 Å². The lowest BCUT2D eigenvalue weighted by Gasteiger charge is -2.34. The molecule has 0 amide bonds. The highest BCUT2D eigenvalue weighted by atomic mass is 14.3. The van der Waals surface area contributed by atoms with Crippen LogP contribution < -0.4 is 0 Å². The molecule has 1 atom stereocenters. The predicted octanol–water partition coefficient (Wildman–Crippen LogP) is 2.98. The zero-order valence-corrected chi connectivity index (χ0v) is 6.64. The molecule has 0 nitrogen and oxygen atoms in total. The average Bonchev–Trinajstić information content (AvgIpc) is 2.40. The molecule has 0 bridgehead atoms. The Balaban J connectivity index is 2.03. The Hall–Kier alpha value is -0.780. The molecule has 0 radical (unpaired) electrons. The van der Waals surface area contributed by atoms with Gasteiger partial charge in [-0.3, -0.25) is 0 Å². The molecule has 1 saturated carbocycles. The SMILES string of the molecule is C1=CC2=C(C1)CC1CCC1=C2. The molecule has 56 valence electrons. The number of fused-ring (bicyclic) bond motifs is 1. The van der Waals surface area contributed by atoms with Crippen molar-refractivity contribution >= 4 is 0 Å². The van der Waals surface area contributed by atoms with Crippen molar-refractivity contribution in [2.24, 2.45) is 5.92 Å². The molecule has 3 aliphatic rings. The van der Waals surface area contributed by atoms with Crippen LogP contribution in [0.2, 0.25) is 0 Å². The minimum Gasteiger partial charge on any atom is -0.0798 e. The van der Waals surface area contributed by atoms with Crippen LogP contribution in [0.15, 0.2) is 34.9 Å². The normalized spacial score (nSPS) is 32.7. The summed E-state index contributed by atoms with van der Waals surface area (Å²) in [6.07, 6.45) is 12.4. The fraction of sp³-hybridized carbons (Fsp3) is 0.455. The number of hydrogen-bond donors (Lipinski definition) is 0. The second kappa shape index (κ2) is 1.88. The van der Waals surface area contributed by atoms with Gasteiger partial charge in [0.15, 0.2) is 0 Å². The van der Waals surface area contributed by atoms with Gasteiger partial charge in [-0.25, -0.2) is 0 Å². The third kappa shape index (κ3) is 0.699. The predicted molar refractivity (Wildman–Crippen MR) is 46.2 cm³/mol. The topological polar surface area (TPSA) is 0 Å². The first-order valence-corrected chi connectivity index (χ1v) is 4.52. The van der Waals surface area contributed by atoms with Crippen molar-refractivity contribution in [2.75, 3.05) is 0 Å². The van der Waals surface area contributed by atoms with Gasteiger partial charge < -0.3 is 0 Å². The molecule has 0 heteroatoms. The van der Waals surface area contributed by atoms with Gasteiger partial charge in [0.25, 0.3) is 0 Å². The molecule has 0 aliphatic heterocycles. The molecule has 0 saturated heterocycles. The van der Waals surface area contributed by atoms with E-state index in [9.17, 15) is 0 Å². The van der Waals surface area contributed by atoms with Crippen LogP contribution >= 0.6 is 0 Å². The molecule has 0 N–H and O–H groups in total. The summed E-state index contributed by atoms with van der Waals surface area (Å²) in [5.41, 5.74) is 4.95. The first kappa shape index (κ1) is 5.82. The van der Waals surface area contributed by atoms with Gasteiger partial charge in [0.05, 0.1) is 0 Å². The van der Waals surface area contributed by atoms with E-state index in [-0.39, 0.29) is 0 Å². The quantitative estimate of drug-likeness (QED) is 0.490. The Morgan fingerprint density at radius 1 is 1.36 bits per heavy atom. The van der Waals surface area contributed by atoms with Crippen LogP contribution in [0.25, 0.3) is 0 Å². The lowest BCUT2D eigenvalue weighted by Crippen LogP contribution is -2.19. The Bertz CT molecular complexity index is 289. The summed E-state index contributed by atoms with van der Waals surface area (Å²) in [5.74, 6) is 0.952. The third-order valence-electron chi connectivity index (χ3n) is 3.21. The van der Waals surface area contributed by atoms with Gasteiger partial charge in [-0.05, 0) is 37.2 Å². The van der Waals surface area contributed by atoms with E-state index in [0.29, 0.717) is 0 Å². The van der Waals surface area contributed by atoms with Crippen molar-refractivity contribution in [3.63, 3.8) is 0 Å². The largest absolute Gasteiger partial charge is 0.0798 e. The molecular formula is C11H12. The summed E-state index contributed by atoms with van der Waals surface area (Å²) in [6.45, 7) is 0. The van der Waals surface area contributed by atoms with E-state index in [1.165, 1.54) is 31.3 Å². The van der Waals surface area contributed by atoms with Gasteiger partial charge in [0, 0.05) is 0 Å².